The van der Waals surface area contributed by atoms with E-state index in [1.165, 1.54) is 0 Å². The van der Waals surface area contributed by atoms with Crippen LogP contribution in [0.2, 0.25) is 10.0 Å². The molecule has 1 aliphatic rings. The second-order valence-corrected chi connectivity index (χ2v) is 8.75. The molecule has 0 bridgehead atoms. The molecule has 0 radical (unpaired) electrons. The Morgan fingerprint density at radius 3 is 2.39 bits per heavy atom. The fourth-order valence-corrected chi connectivity index (χ4v) is 4.81. The van der Waals surface area contributed by atoms with Gasteiger partial charge in [-0.15, -0.1) is 0 Å². The minimum Gasteiger partial charge on any atom is -0.489 e. The quantitative estimate of drug-likeness (QED) is 0.284. The molecule has 166 valence electrons. The smallest absolute Gasteiger partial charge is 0.224 e. The van der Waals surface area contributed by atoms with E-state index >= 15 is 0 Å². The van der Waals surface area contributed by atoms with Crippen molar-refractivity contribution in [3.05, 3.63) is 115 Å². The highest BCUT2D eigenvalue weighted by Gasteiger charge is 2.40. The van der Waals surface area contributed by atoms with Gasteiger partial charge < -0.3 is 4.74 Å². The molecule has 0 unspecified atom stereocenters. The number of ether oxygens (including phenoxy) is 1. The maximum Gasteiger partial charge on any atom is 0.224 e. The summed E-state index contributed by atoms with van der Waals surface area (Å²) in [5, 5.41) is 22.0. The van der Waals surface area contributed by atoms with Crippen molar-refractivity contribution in [2.75, 3.05) is 6.61 Å². The lowest BCUT2D eigenvalue weighted by molar-refractivity contribution is -0.526. The predicted molar refractivity (Wildman–Crippen MR) is 129 cm³/mol. The second kappa shape index (κ2) is 10.1. The van der Waals surface area contributed by atoms with Gasteiger partial charge >= 0.3 is 0 Å². The molecule has 0 fully saturated rings. The molecule has 33 heavy (non-hydrogen) atoms. The molecule has 0 heterocycles. The van der Waals surface area contributed by atoms with Crippen molar-refractivity contribution in [2.45, 2.75) is 24.8 Å². The minimum absolute atomic E-state index is 0.223. The van der Waals surface area contributed by atoms with Crippen molar-refractivity contribution >= 4 is 28.8 Å². The SMILES string of the molecule is N#Cc1ccc(OCC2=C(c3ccccc3)C[C@@H](c3ccc(Cl)cc3Cl)[C@H]([N+](=O)[O-])C2)cc1. The van der Waals surface area contributed by atoms with Crippen LogP contribution in [0, 0.1) is 21.4 Å². The number of allylic oxidation sites excluding steroid dienone is 1. The molecule has 0 spiro atoms. The van der Waals surface area contributed by atoms with Gasteiger partial charge in [0.1, 0.15) is 12.4 Å². The van der Waals surface area contributed by atoms with Crippen molar-refractivity contribution in [1.82, 2.24) is 0 Å². The van der Waals surface area contributed by atoms with Crippen molar-refractivity contribution in [2.24, 2.45) is 0 Å². The molecular formula is C26H20Cl2N2O3. The first-order valence-corrected chi connectivity index (χ1v) is 11.2. The van der Waals surface area contributed by atoms with Crippen LogP contribution in [0.25, 0.3) is 5.57 Å². The van der Waals surface area contributed by atoms with E-state index in [0.29, 0.717) is 27.8 Å². The van der Waals surface area contributed by atoms with E-state index in [1.807, 2.05) is 30.3 Å². The molecule has 7 heteroatoms. The van der Waals surface area contributed by atoms with Gasteiger partial charge in [-0.1, -0.05) is 59.6 Å². The summed E-state index contributed by atoms with van der Waals surface area (Å²) < 4.78 is 5.97. The van der Waals surface area contributed by atoms with Gasteiger partial charge in [-0.25, -0.2) is 0 Å². The third kappa shape index (κ3) is 5.19. The van der Waals surface area contributed by atoms with Crippen LogP contribution in [0.15, 0.2) is 78.4 Å². The fourth-order valence-electron chi connectivity index (χ4n) is 4.26. The summed E-state index contributed by atoms with van der Waals surface area (Å²) in [4.78, 5) is 11.9. The molecule has 0 aromatic heterocycles. The molecule has 0 saturated carbocycles. The maximum absolute atomic E-state index is 12.1. The van der Waals surface area contributed by atoms with Gasteiger partial charge in [-0.05, 0) is 65.1 Å². The van der Waals surface area contributed by atoms with E-state index in [1.54, 1.807) is 42.5 Å². The summed E-state index contributed by atoms with van der Waals surface area (Å²) in [7, 11) is 0. The van der Waals surface area contributed by atoms with Crippen LogP contribution in [-0.2, 0) is 0 Å². The molecule has 1 aliphatic carbocycles. The lowest BCUT2D eigenvalue weighted by Crippen LogP contribution is -2.33. The first-order valence-electron chi connectivity index (χ1n) is 10.4. The van der Waals surface area contributed by atoms with Crippen molar-refractivity contribution in [3.8, 4) is 11.8 Å². The van der Waals surface area contributed by atoms with Gasteiger partial charge in [0.25, 0.3) is 0 Å². The normalized spacial score (nSPS) is 18.0. The Labute approximate surface area is 202 Å². The number of hydrogen-bond acceptors (Lipinski definition) is 4. The van der Waals surface area contributed by atoms with E-state index in [0.717, 1.165) is 22.3 Å². The molecule has 0 amide bonds. The number of halogens is 2. The van der Waals surface area contributed by atoms with Gasteiger partial charge in [0.2, 0.25) is 6.04 Å². The van der Waals surface area contributed by atoms with E-state index < -0.39 is 12.0 Å². The van der Waals surface area contributed by atoms with Crippen LogP contribution >= 0.6 is 23.2 Å². The Morgan fingerprint density at radius 2 is 1.76 bits per heavy atom. The van der Waals surface area contributed by atoms with E-state index in [-0.39, 0.29) is 18.0 Å². The summed E-state index contributed by atoms with van der Waals surface area (Å²) in [5.74, 6) is 0.216. The zero-order valence-electron chi connectivity index (χ0n) is 17.6. The van der Waals surface area contributed by atoms with Gasteiger partial charge in [-0.2, -0.15) is 5.26 Å². The highest BCUT2D eigenvalue weighted by atomic mass is 35.5. The average molecular weight is 479 g/mol. The zero-order chi connectivity index (χ0) is 23.4. The van der Waals surface area contributed by atoms with Gasteiger partial charge in [0.15, 0.2) is 0 Å². The standard InChI is InChI=1S/C26H20Cl2N2O3/c27-20-8-11-22(25(28)13-20)24-14-23(18-4-2-1-3-5-18)19(12-26(24)30(31)32)16-33-21-9-6-17(15-29)7-10-21/h1-11,13,24,26H,12,14,16H2/t24-,26+/m0/s1. The monoisotopic (exact) mass is 478 g/mol. The number of nitro groups is 1. The molecule has 2 atom stereocenters. The number of hydrogen-bond donors (Lipinski definition) is 0. The van der Waals surface area contributed by atoms with Crippen LogP contribution in [0.1, 0.15) is 35.4 Å². The first-order chi connectivity index (χ1) is 16.0. The maximum atomic E-state index is 12.1. The molecule has 5 nitrogen and oxygen atoms in total. The third-order valence-corrected chi connectivity index (χ3v) is 6.48. The summed E-state index contributed by atoms with van der Waals surface area (Å²) in [5.41, 5.74) is 4.18. The van der Waals surface area contributed by atoms with E-state index in [9.17, 15) is 10.1 Å². The Kier molecular flexibility index (Phi) is 6.98. The third-order valence-electron chi connectivity index (χ3n) is 5.92. The Morgan fingerprint density at radius 1 is 1.03 bits per heavy atom. The lowest BCUT2D eigenvalue weighted by atomic mass is 9.75. The number of rotatable bonds is 6. The minimum atomic E-state index is -0.837. The zero-order valence-corrected chi connectivity index (χ0v) is 19.1. The van der Waals surface area contributed by atoms with Crippen LogP contribution in [0.5, 0.6) is 5.75 Å². The predicted octanol–water partition coefficient (Wildman–Crippen LogP) is 6.92. The first kappa shape index (κ1) is 22.8. The molecule has 0 aliphatic heterocycles. The Hall–Kier alpha value is -3.33. The van der Waals surface area contributed by atoms with Crippen LogP contribution in [0.3, 0.4) is 0 Å². The number of nitrogens with zero attached hydrogens (tertiary/aromatic N) is 2. The van der Waals surface area contributed by atoms with Gasteiger partial charge in [0.05, 0.1) is 17.6 Å². The average Bonchev–Trinajstić information content (AvgIpc) is 2.83. The Balaban J connectivity index is 1.71. The Bertz CT molecular complexity index is 1230. The molecular weight excluding hydrogens is 459 g/mol. The summed E-state index contributed by atoms with van der Waals surface area (Å²) >= 11 is 12.5. The highest BCUT2D eigenvalue weighted by Crippen LogP contribution is 2.44. The van der Waals surface area contributed by atoms with Crippen LogP contribution in [-0.4, -0.2) is 17.6 Å². The van der Waals surface area contributed by atoms with Crippen LogP contribution < -0.4 is 4.74 Å². The summed E-state index contributed by atoms with van der Waals surface area (Å²) in [6.07, 6.45) is 0.709. The number of benzene rings is 3. The van der Waals surface area contributed by atoms with Crippen molar-refractivity contribution in [1.29, 1.82) is 5.26 Å². The fraction of sp³-hybridized carbons (Fsp3) is 0.192. The number of nitriles is 1. The highest BCUT2D eigenvalue weighted by molar-refractivity contribution is 6.35. The second-order valence-electron chi connectivity index (χ2n) is 7.91. The van der Waals surface area contributed by atoms with Gasteiger partial charge in [0, 0.05) is 21.4 Å². The summed E-state index contributed by atoms with van der Waals surface area (Å²) in [6.45, 7) is 0.224. The molecule has 4 rings (SSSR count). The van der Waals surface area contributed by atoms with Gasteiger partial charge in [-0.3, -0.25) is 10.1 Å². The summed E-state index contributed by atoms with van der Waals surface area (Å²) in [6, 6.07) is 23.0. The molecule has 3 aromatic rings. The molecule has 3 aromatic carbocycles. The van der Waals surface area contributed by atoms with E-state index in [2.05, 4.69) is 6.07 Å². The van der Waals surface area contributed by atoms with Crippen molar-refractivity contribution in [3.63, 3.8) is 0 Å². The molecule has 0 saturated heterocycles. The molecule has 0 N–H and O–H groups in total. The van der Waals surface area contributed by atoms with Crippen LogP contribution in [0.4, 0.5) is 0 Å². The largest absolute Gasteiger partial charge is 0.489 e. The topological polar surface area (TPSA) is 76.2 Å². The lowest BCUT2D eigenvalue weighted by Gasteiger charge is -2.31. The van der Waals surface area contributed by atoms with Crippen molar-refractivity contribution < 1.29 is 9.66 Å². The van der Waals surface area contributed by atoms with E-state index in [4.69, 9.17) is 33.2 Å².